The Morgan fingerprint density at radius 3 is 2.62 bits per heavy atom. The van der Waals surface area contributed by atoms with Gasteiger partial charge >= 0.3 is 0 Å². The number of hydrogen-bond donors (Lipinski definition) is 1. The van der Waals surface area contributed by atoms with Crippen LogP contribution in [-0.4, -0.2) is 20.2 Å². The highest BCUT2D eigenvalue weighted by molar-refractivity contribution is 5.83. The molecule has 0 aliphatic heterocycles. The van der Waals surface area contributed by atoms with E-state index >= 15 is 0 Å². The van der Waals surface area contributed by atoms with E-state index in [1.54, 1.807) is 24.3 Å². The number of fused-ring (bicyclic) bond motifs is 1. The van der Waals surface area contributed by atoms with E-state index in [1.807, 2.05) is 0 Å². The highest BCUT2D eigenvalue weighted by atomic mass is 16.6. The second kappa shape index (κ2) is 5.20. The predicted molar refractivity (Wildman–Crippen MR) is 83.3 cm³/mol. The first kappa shape index (κ1) is 13.9. The summed E-state index contributed by atoms with van der Waals surface area (Å²) in [5, 5.41) is 28.8. The maximum atomic E-state index is 10.8. The number of phenols is 1. The van der Waals surface area contributed by atoms with Crippen molar-refractivity contribution in [3.63, 3.8) is 0 Å². The Balaban J connectivity index is 1.74. The van der Waals surface area contributed by atoms with E-state index in [9.17, 15) is 15.2 Å². The Kier molecular flexibility index (Phi) is 3.02. The summed E-state index contributed by atoms with van der Waals surface area (Å²) in [7, 11) is 0. The molecule has 0 aliphatic rings. The number of benzene rings is 2. The lowest BCUT2D eigenvalue weighted by Gasteiger charge is -1.94. The molecule has 118 valence electrons. The van der Waals surface area contributed by atoms with Crippen molar-refractivity contribution in [2.75, 3.05) is 0 Å². The van der Waals surface area contributed by atoms with Gasteiger partial charge in [-0.25, -0.2) is 0 Å². The summed E-state index contributed by atoms with van der Waals surface area (Å²) in [6.45, 7) is 0. The summed E-state index contributed by atoms with van der Waals surface area (Å²) in [5.41, 5.74) is 0.867. The largest absolute Gasteiger partial charge is 0.508 e. The first-order valence-electron chi connectivity index (χ1n) is 6.91. The molecule has 0 unspecified atom stereocenters. The molecule has 0 amide bonds. The van der Waals surface area contributed by atoms with Crippen molar-refractivity contribution in [3.8, 4) is 28.9 Å². The molecule has 24 heavy (non-hydrogen) atoms. The Bertz CT molecular complexity index is 1070. The van der Waals surface area contributed by atoms with Crippen LogP contribution in [-0.2, 0) is 0 Å². The molecule has 0 aliphatic carbocycles. The molecule has 0 radical (unpaired) electrons. The number of nitro groups is 1. The minimum atomic E-state index is -0.492. The Morgan fingerprint density at radius 2 is 1.83 bits per heavy atom. The first-order chi connectivity index (χ1) is 11.6. The van der Waals surface area contributed by atoms with E-state index < -0.39 is 4.92 Å². The lowest BCUT2D eigenvalue weighted by Crippen LogP contribution is -1.85. The van der Waals surface area contributed by atoms with Gasteiger partial charge in [-0.15, -0.1) is 10.2 Å². The van der Waals surface area contributed by atoms with Crippen LogP contribution in [0, 0.1) is 10.1 Å². The van der Waals surface area contributed by atoms with Crippen LogP contribution >= 0.6 is 0 Å². The summed E-state index contributed by atoms with van der Waals surface area (Å²) >= 11 is 0. The van der Waals surface area contributed by atoms with Crippen LogP contribution in [0.1, 0.15) is 0 Å². The van der Waals surface area contributed by atoms with Gasteiger partial charge in [0.05, 0.1) is 11.0 Å². The number of phenolic OH excluding ortho intramolecular Hbond substituents is 1. The van der Waals surface area contributed by atoms with E-state index in [4.69, 9.17) is 8.83 Å². The number of non-ortho nitro benzene ring substituents is 1. The van der Waals surface area contributed by atoms with Crippen LogP contribution in [0.2, 0.25) is 0 Å². The van der Waals surface area contributed by atoms with Crippen LogP contribution in [0.25, 0.3) is 34.1 Å². The first-order valence-corrected chi connectivity index (χ1v) is 6.91. The normalized spacial score (nSPS) is 11.0. The molecule has 0 fully saturated rings. The summed E-state index contributed by atoms with van der Waals surface area (Å²) < 4.78 is 11.1. The average Bonchev–Trinajstić information content (AvgIpc) is 3.20. The SMILES string of the molecule is O=[N+]([O-])c1ccc2cc(-c3nnc(-c4cccc(O)c4)o3)oc2c1. The summed E-state index contributed by atoms with van der Waals surface area (Å²) in [6, 6.07) is 12.4. The molecule has 2 aromatic carbocycles. The fourth-order valence-electron chi connectivity index (χ4n) is 2.32. The number of aromatic hydroxyl groups is 1. The number of aromatic nitrogens is 2. The fourth-order valence-corrected chi connectivity index (χ4v) is 2.32. The quantitative estimate of drug-likeness (QED) is 0.450. The van der Waals surface area contributed by atoms with Gasteiger partial charge in [0.25, 0.3) is 11.6 Å². The Labute approximate surface area is 134 Å². The van der Waals surface area contributed by atoms with Crippen molar-refractivity contribution >= 4 is 16.7 Å². The van der Waals surface area contributed by atoms with Gasteiger partial charge in [-0.3, -0.25) is 10.1 Å². The van der Waals surface area contributed by atoms with Crippen LogP contribution in [0.15, 0.2) is 57.4 Å². The van der Waals surface area contributed by atoms with Gasteiger partial charge in [0, 0.05) is 17.0 Å². The number of hydrogen-bond acceptors (Lipinski definition) is 7. The number of furan rings is 1. The lowest BCUT2D eigenvalue weighted by atomic mass is 10.2. The van der Waals surface area contributed by atoms with Gasteiger partial charge in [0.15, 0.2) is 5.76 Å². The molecule has 0 saturated carbocycles. The highest BCUT2D eigenvalue weighted by Gasteiger charge is 2.16. The lowest BCUT2D eigenvalue weighted by molar-refractivity contribution is -0.384. The molecule has 0 spiro atoms. The molecule has 0 bridgehead atoms. The van der Waals surface area contributed by atoms with E-state index in [1.165, 1.54) is 24.3 Å². The molecule has 8 heteroatoms. The monoisotopic (exact) mass is 323 g/mol. The third-order valence-corrected chi connectivity index (χ3v) is 3.44. The predicted octanol–water partition coefficient (Wildman–Crippen LogP) is 3.76. The molecule has 4 aromatic rings. The zero-order valence-corrected chi connectivity index (χ0v) is 12.0. The molecule has 2 aromatic heterocycles. The topological polar surface area (TPSA) is 115 Å². The zero-order chi connectivity index (χ0) is 16.7. The van der Waals surface area contributed by atoms with E-state index in [0.717, 1.165) is 0 Å². The molecule has 1 N–H and O–H groups in total. The molecule has 2 heterocycles. The van der Waals surface area contributed by atoms with Crippen LogP contribution in [0.4, 0.5) is 5.69 Å². The summed E-state index contributed by atoms with van der Waals surface area (Å²) in [4.78, 5) is 10.3. The number of rotatable bonds is 3. The minimum absolute atomic E-state index is 0.0608. The number of nitrogens with zero attached hydrogens (tertiary/aromatic N) is 3. The van der Waals surface area contributed by atoms with E-state index in [-0.39, 0.29) is 23.2 Å². The Morgan fingerprint density at radius 1 is 1.00 bits per heavy atom. The van der Waals surface area contributed by atoms with Gasteiger partial charge in [-0.1, -0.05) is 6.07 Å². The van der Waals surface area contributed by atoms with Crippen LogP contribution in [0.3, 0.4) is 0 Å². The Hall–Kier alpha value is -3.68. The van der Waals surface area contributed by atoms with Crippen LogP contribution < -0.4 is 0 Å². The van der Waals surface area contributed by atoms with Gasteiger partial charge in [-0.05, 0) is 30.3 Å². The minimum Gasteiger partial charge on any atom is -0.508 e. The zero-order valence-electron chi connectivity index (χ0n) is 12.0. The summed E-state index contributed by atoms with van der Waals surface area (Å²) in [5.74, 6) is 0.771. The second-order valence-corrected chi connectivity index (χ2v) is 5.05. The number of nitro benzene ring substituents is 1. The highest BCUT2D eigenvalue weighted by Crippen LogP contribution is 2.31. The van der Waals surface area contributed by atoms with Crippen molar-refractivity contribution in [2.24, 2.45) is 0 Å². The molecular formula is C16H9N3O5. The third-order valence-electron chi connectivity index (χ3n) is 3.44. The van der Waals surface area contributed by atoms with Gasteiger partial charge < -0.3 is 13.9 Å². The van der Waals surface area contributed by atoms with Crippen molar-refractivity contribution in [2.45, 2.75) is 0 Å². The molecule has 0 atom stereocenters. The van der Waals surface area contributed by atoms with Gasteiger partial charge in [0.2, 0.25) is 5.89 Å². The van der Waals surface area contributed by atoms with Crippen molar-refractivity contribution in [1.82, 2.24) is 10.2 Å². The van der Waals surface area contributed by atoms with Gasteiger partial charge in [0.1, 0.15) is 11.3 Å². The van der Waals surface area contributed by atoms with Gasteiger partial charge in [-0.2, -0.15) is 0 Å². The average molecular weight is 323 g/mol. The summed E-state index contributed by atoms with van der Waals surface area (Å²) in [6.07, 6.45) is 0. The molecular weight excluding hydrogens is 314 g/mol. The second-order valence-electron chi connectivity index (χ2n) is 5.05. The fraction of sp³-hybridized carbons (Fsp3) is 0. The van der Waals surface area contributed by atoms with Crippen molar-refractivity contribution in [3.05, 3.63) is 58.6 Å². The maximum Gasteiger partial charge on any atom is 0.283 e. The molecule has 8 nitrogen and oxygen atoms in total. The van der Waals surface area contributed by atoms with Crippen LogP contribution in [0.5, 0.6) is 5.75 Å². The maximum absolute atomic E-state index is 10.8. The van der Waals surface area contributed by atoms with E-state index in [2.05, 4.69) is 10.2 Å². The smallest absolute Gasteiger partial charge is 0.283 e. The van der Waals surface area contributed by atoms with E-state index in [0.29, 0.717) is 22.3 Å². The molecule has 4 rings (SSSR count). The third kappa shape index (κ3) is 2.35. The standard InChI is InChI=1S/C16H9N3O5/c20-12-3-1-2-10(6-12)15-17-18-16(24-15)14-7-9-4-5-11(19(21)22)8-13(9)23-14/h1-8,20H. The van der Waals surface area contributed by atoms with Crippen molar-refractivity contribution in [1.29, 1.82) is 0 Å². The molecule has 0 saturated heterocycles. The van der Waals surface area contributed by atoms with Crippen molar-refractivity contribution < 1.29 is 18.9 Å².